The Kier molecular flexibility index (Phi) is 5.53. The third-order valence-electron chi connectivity index (χ3n) is 2.00. The summed E-state index contributed by atoms with van der Waals surface area (Å²) in [6, 6.07) is 3.82. The van der Waals surface area contributed by atoms with Crippen molar-refractivity contribution in [2.75, 3.05) is 22.4 Å². The Bertz CT molecular complexity index is 521. The van der Waals surface area contributed by atoms with Crippen LogP contribution in [0.25, 0.3) is 0 Å². The number of carbonyl (C=O) groups is 2. The van der Waals surface area contributed by atoms with Gasteiger partial charge in [0.1, 0.15) is 17.4 Å². The molecule has 102 valence electrons. The molecule has 0 aliphatic rings. The first-order valence-corrected chi connectivity index (χ1v) is 6.05. The van der Waals surface area contributed by atoms with Crippen LogP contribution in [0.1, 0.15) is 0 Å². The van der Waals surface area contributed by atoms with Gasteiger partial charge in [-0.05, 0) is 12.1 Å². The Balaban J connectivity index is 3.04. The zero-order chi connectivity index (χ0) is 14.4. The standard InChI is InChI=1S/C10H9Cl2N3O4/c11-4-9(16)13-6-1-2-7(14-10(17)5-12)8(3-6)15(18)19/h1-3H,4-5H2,(H,13,16)(H,14,17). The van der Waals surface area contributed by atoms with Crippen LogP contribution in [0, 0.1) is 10.1 Å². The van der Waals surface area contributed by atoms with Gasteiger partial charge in [-0.3, -0.25) is 19.7 Å². The van der Waals surface area contributed by atoms with Crippen LogP contribution < -0.4 is 10.6 Å². The van der Waals surface area contributed by atoms with E-state index in [-0.39, 0.29) is 28.8 Å². The molecule has 1 aromatic carbocycles. The number of nitrogens with zero attached hydrogens (tertiary/aromatic N) is 1. The molecule has 0 radical (unpaired) electrons. The van der Waals surface area contributed by atoms with E-state index in [4.69, 9.17) is 23.2 Å². The van der Waals surface area contributed by atoms with Gasteiger partial charge in [0, 0.05) is 11.8 Å². The molecule has 0 spiro atoms. The SMILES string of the molecule is O=C(CCl)Nc1ccc(NC(=O)CCl)c([N+](=O)[O-])c1. The van der Waals surface area contributed by atoms with Crippen molar-refractivity contribution in [2.45, 2.75) is 0 Å². The number of amides is 2. The fourth-order valence-corrected chi connectivity index (χ4v) is 1.38. The van der Waals surface area contributed by atoms with Gasteiger partial charge in [0.25, 0.3) is 5.69 Å². The number of nitro benzene ring substituents is 1. The van der Waals surface area contributed by atoms with E-state index in [0.717, 1.165) is 6.07 Å². The van der Waals surface area contributed by atoms with Crippen LogP contribution in [0.2, 0.25) is 0 Å². The molecule has 0 heterocycles. The Labute approximate surface area is 118 Å². The number of alkyl halides is 2. The molecule has 0 fully saturated rings. The van der Waals surface area contributed by atoms with Gasteiger partial charge in [-0.1, -0.05) is 0 Å². The summed E-state index contributed by atoms with van der Waals surface area (Å²) in [5.41, 5.74) is -0.147. The summed E-state index contributed by atoms with van der Waals surface area (Å²) in [5, 5.41) is 15.5. The second kappa shape index (κ2) is 6.91. The number of nitro groups is 1. The lowest BCUT2D eigenvalue weighted by Crippen LogP contribution is -2.15. The average Bonchev–Trinajstić information content (AvgIpc) is 2.39. The summed E-state index contributed by atoms with van der Waals surface area (Å²) in [5.74, 6) is -1.64. The molecule has 0 unspecified atom stereocenters. The van der Waals surface area contributed by atoms with Crippen molar-refractivity contribution in [2.24, 2.45) is 0 Å². The van der Waals surface area contributed by atoms with Crippen molar-refractivity contribution in [3.63, 3.8) is 0 Å². The molecule has 0 aliphatic carbocycles. The number of halogens is 2. The lowest BCUT2D eigenvalue weighted by Gasteiger charge is -2.07. The van der Waals surface area contributed by atoms with Crippen LogP contribution in [0.15, 0.2) is 18.2 Å². The minimum Gasteiger partial charge on any atom is -0.325 e. The maximum atomic E-state index is 11.1. The normalized spacial score (nSPS) is 9.79. The van der Waals surface area contributed by atoms with Crippen LogP contribution >= 0.6 is 23.2 Å². The number of anilines is 2. The van der Waals surface area contributed by atoms with Crippen molar-refractivity contribution < 1.29 is 14.5 Å². The summed E-state index contributed by atoms with van der Waals surface area (Å²) in [6.45, 7) is 0. The predicted octanol–water partition coefficient (Wildman–Crippen LogP) is 1.95. The third kappa shape index (κ3) is 4.38. The Morgan fingerprint density at radius 2 is 1.74 bits per heavy atom. The molecule has 0 aromatic heterocycles. The predicted molar refractivity (Wildman–Crippen MR) is 71.8 cm³/mol. The molecule has 2 amide bonds. The Hall–Kier alpha value is -1.86. The van der Waals surface area contributed by atoms with E-state index in [1.165, 1.54) is 12.1 Å². The highest BCUT2D eigenvalue weighted by atomic mass is 35.5. The van der Waals surface area contributed by atoms with Crippen molar-refractivity contribution in [3.05, 3.63) is 28.3 Å². The monoisotopic (exact) mass is 305 g/mol. The summed E-state index contributed by atoms with van der Waals surface area (Å²) in [7, 11) is 0. The van der Waals surface area contributed by atoms with Crippen LogP contribution in [0.5, 0.6) is 0 Å². The Morgan fingerprint density at radius 3 is 2.26 bits per heavy atom. The quantitative estimate of drug-likeness (QED) is 0.493. The van der Waals surface area contributed by atoms with Gasteiger partial charge in [0.05, 0.1) is 4.92 Å². The highest BCUT2D eigenvalue weighted by Gasteiger charge is 2.17. The average molecular weight is 306 g/mol. The summed E-state index contributed by atoms with van der Waals surface area (Å²) < 4.78 is 0. The maximum absolute atomic E-state index is 11.1. The van der Waals surface area contributed by atoms with Gasteiger partial charge in [-0.15, -0.1) is 23.2 Å². The van der Waals surface area contributed by atoms with Crippen molar-refractivity contribution >= 4 is 52.1 Å². The number of carbonyl (C=O) groups excluding carboxylic acids is 2. The van der Waals surface area contributed by atoms with Crippen LogP contribution in [0.3, 0.4) is 0 Å². The lowest BCUT2D eigenvalue weighted by molar-refractivity contribution is -0.383. The first-order chi connectivity index (χ1) is 8.97. The molecule has 0 aliphatic heterocycles. The number of nitrogens with one attached hydrogen (secondary N) is 2. The fraction of sp³-hybridized carbons (Fsp3) is 0.200. The van der Waals surface area contributed by atoms with Gasteiger partial charge in [0.15, 0.2) is 0 Å². The summed E-state index contributed by atoms with van der Waals surface area (Å²) >= 11 is 10.6. The van der Waals surface area contributed by atoms with E-state index in [1.807, 2.05) is 0 Å². The molecule has 1 rings (SSSR count). The molecular formula is C10H9Cl2N3O4. The summed E-state index contributed by atoms with van der Waals surface area (Å²) in [6.07, 6.45) is 0. The number of hydrogen-bond donors (Lipinski definition) is 2. The molecule has 19 heavy (non-hydrogen) atoms. The van der Waals surface area contributed by atoms with E-state index in [9.17, 15) is 19.7 Å². The van der Waals surface area contributed by atoms with Crippen LogP contribution in [0.4, 0.5) is 17.1 Å². The first-order valence-electron chi connectivity index (χ1n) is 4.98. The van der Waals surface area contributed by atoms with Crippen molar-refractivity contribution in [1.29, 1.82) is 0 Å². The third-order valence-corrected chi connectivity index (χ3v) is 2.48. The largest absolute Gasteiger partial charge is 0.325 e. The molecule has 1 aromatic rings. The molecular weight excluding hydrogens is 297 g/mol. The number of rotatable bonds is 5. The zero-order valence-electron chi connectivity index (χ0n) is 9.48. The first kappa shape index (κ1) is 15.2. The zero-order valence-corrected chi connectivity index (χ0v) is 11.0. The molecule has 9 heteroatoms. The smallest absolute Gasteiger partial charge is 0.294 e. The van der Waals surface area contributed by atoms with E-state index in [0.29, 0.717) is 0 Å². The Morgan fingerprint density at radius 1 is 1.16 bits per heavy atom. The highest BCUT2D eigenvalue weighted by Crippen LogP contribution is 2.27. The summed E-state index contributed by atoms with van der Waals surface area (Å²) in [4.78, 5) is 32.4. The van der Waals surface area contributed by atoms with E-state index >= 15 is 0 Å². The molecule has 0 saturated heterocycles. The highest BCUT2D eigenvalue weighted by molar-refractivity contribution is 6.29. The van der Waals surface area contributed by atoms with Crippen molar-refractivity contribution in [3.8, 4) is 0 Å². The van der Waals surface area contributed by atoms with Gasteiger partial charge in [0.2, 0.25) is 11.8 Å². The van der Waals surface area contributed by atoms with Crippen LogP contribution in [-0.2, 0) is 9.59 Å². The van der Waals surface area contributed by atoms with Gasteiger partial charge in [-0.2, -0.15) is 0 Å². The van der Waals surface area contributed by atoms with E-state index in [2.05, 4.69) is 10.6 Å². The molecule has 0 bridgehead atoms. The lowest BCUT2D eigenvalue weighted by atomic mass is 10.2. The maximum Gasteiger partial charge on any atom is 0.294 e. The molecule has 2 N–H and O–H groups in total. The molecule has 7 nitrogen and oxygen atoms in total. The van der Waals surface area contributed by atoms with Crippen molar-refractivity contribution in [1.82, 2.24) is 0 Å². The van der Waals surface area contributed by atoms with Crippen LogP contribution in [-0.4, -0.2) is 28.5 Å². The van der Waals surface area contributed by atoms with E-state index < -0.39 is 16.7 Å². The molecule has 0 saturated carbocycles. The number of benzene rings is 1. The molecule has 0 atom stereocenters. The minimum absolute atomic E-state index is 0.000442. The topological polar surface area (TPSA) is 101 Å². The second-order valence-corrected chi connectivity index (χ2v) is 3.89. The van der Waals surface area contributed by atoms with Gasteiger partial charge >= 0.3 is 0 Å². The fourth-order valence-electron chi connectivity index (χ4n) is 1.24. The van der Waals surface area contributed by atoms with Gasteiger partial charge < -0.3 is 10.6 Å². The van der Waals surface area contributed by atoms with E-state index in [1.54, 1.807) is 0 Å². The second-order valence-electron chi connectivity index (χ2n) is 3.35. The minimum atomic E-state index is -0.680. The number of hydrogen-bond acceptors (Lipinski definition) is 4. The van der Waals surface area contributed by atoms with Gasteiger partial charge in [-0.25, -0.2) is 0 Å².